The Morgan fingerprint density at radius 1 is 1.00 bits per heavy atom. The van der Waals surface area contributed by atoms with Crippen LogP contribution >= 0.6 is 11.8 Å². The maximum Gasteiger partial charge on any atom is 0.255 e. The lowest BCUT2D eigenvalue weighted by Gasteiger charge is -2.15. The smallest absolute Gasteiger partial charge is 0.255 e. The fourth-order valence-corrected chi connectivity index (χ4v) is 4.59. The van der Waals surface area contributed by atoms with E-state index in [2.05, 4.69) is 44.4 Å². The molecule has 0 fully saturated rings. The first-order valence-electron chi connectivity index (χ1n) is 11.8. The van der Waals surface area contributed by atoms with E-state index in [0.29, 0.717) is 28.4 Å². The van der Waals surface area contributed by atoms with Gasteiger partial charge in [-0.05, 0) is 60.5 Å². The zero-order valence-corrected chi connectivity index (χ0v) is 21.5. The van der Waals surface area contributed by atoms with Gasteiger partial charge in [0.05, 0.1) is 29.2 Å². The molecule has 1 amide bonds. The summed E-state index contributed by atoms with van der Waals surface area (Å²) in [7, 11) is 0. The molecule has 10 heteroatoms. The molecule has 0 saturated heterocycles. The van der Waals surface area contributed by atoms with Gasteiger partial charge in [-0.25, -0.2) is 19.3 Å². The van der Waals surface area contributed by atoms with E-state index in [-0.39, 0.29) is 11.6 Å². The summed E-state index contributed by atoms with van der Waals surface area (Å²) >= 11 is 1.51. The zero-order chi connectivity index (χ0) is 26.6. The van der Waals surface area contributed by atoms with E-state index in [1.54, 1.807) is 12.1 Å². The van der Waals surface area contributed by atoms with Crippen molar-refractivity contribution >= 4 is 51.6 Å². The molecule has 5 rings (SSSR count). The first-order valence-corrected chi connectivity index (χ1v) is 12.7. The molecule has 3 heterocycles. The van der Waals surface area contributed by atoms with E-state index in [0.717, 1.165) is 27.1 Å². The maximum absolute atomic E-state index is 13.6. The van der Waals surface area contributed by atoms with Crippen molar-refractivity contribution < 1.29 is 9.18 Å². The lowest BCUT2D eigenvalue weighted by atomic mass is 10.1. The minimum absolute atomic E-state index is 0.261. The van der Waals surface area contributed by atoms with Gasteiger partial charge in [-0.1, -0.05) is 25.6 Å². The highest BCUT2D eigenvalue weighted by Crippen LogP contribution is 2.37. The van der Waals surface area contributed by atoms with Crippen molar-refractivity contribution in [1.82, 2.24) is 19.9 Å². The summed E-state index contributed by atoms with van der Waals surface area (Å²) in [6.45, 7) is 4.15. The van der Waals surface area contributed by atoms with Gasteiger partial charge in [0, 0.05) is 32.8 Å². The van der Waals surface area contributed by atoms with Crippen LogP contribution in [0.3, 0.4) is 0 Å². The van der Waals surface area contributed by atoms with Gasteiger partial charge in [0.1, 0.15) is 18.0 Å². The molecule has 5 aromatic rings. The summed E-state index contributed by atoms with van der Waals surface area (Å²) < 4.78 is 13.6. The van der Waals surface area contributed by atoms with Crippen LogP contribution in [-0.4, -0.2) is 25.8 Å². The SMILES string of the molecule is CC(C)c1ccc2c(Nc3cc(C(=O)Nc4cncc(F)c4)ccc3Sc3ccc(N)cc3)ncnc2n1. The molecular formula is C28H24FN7OS. The summed E-state index contributed by atoms with van der Waals surface area (Å²) in [5, 5.41) is 6.81. The lowest BCUT2D eigenvalue weighted by Crippen LogP contribution is -2.12. The predicted octanol–water partition coefficient (Wildman–Crippen LogP) is 6.41. The highest BCUT2D eigenvalue weighted by atomic mass is 32.2. The Morgan fingerprint density at radius 3 is 2.58 bits per heavy atom. The van der Waals surface area contributed by atoms with Crippen molar-refractivity contribution in [2.24, 2.45) is 0 Å². The van der Waals surface area contributed by atoms with Crippen molar-refractivity contribution in [2.45, 2.75) is 29.6 Å². The van der Waals surface area contributed by atoms with E-state index >= 15 is 0 Å². The topological polar surface area (TPSA) is 119 Å². The third-order valence-electron chi connectivity index (χ3n) is 5.68. The summed E-state index contributed by atoms with van der Waals surface area (Å²) in [5.41, 5.74) is 9.33. The van der Waals surface area contributed by atoms with Gasteiger partial charge in [-0.2, -0.15) is 0 Å². The number of nitrogen functional groups attached to an aromatic ring is 1. The highest BCUT2D eigenvalue weighted by Gasteiger charge is 2.15. The molecule has 0 atom stereocenters. The fraction of sp³-hybridized carbons (Fsp3) is 0.107. The largest absolute Gasteiger partial charge is 0.399 e. The monoisotopic (exact) mass is 525 g/mol. The van der Waals surface area contributed by atoms with Crippen molar-refractivity contribution in [1.29, 1.82) is 0 Å². The molecule has 0 aliphatic heterocycles. The second-order valence-electron chi connectivity index (χ2n) is 8.84. The third-order valence-corrected chi connectivity index (χ3v) is 6.76. The second-order valence-corrected chi connectivity index (χ2v) is 9.95. The summed E-state index contributed by atoms with van der Waals surface area (Å²) in [4.78, 5) is 32.1. The predicted molar refractivity (Wildman–Crippen MR) is 148 cm³/mol. The van der Waals surface area contributed by atoms with Gasteiger partial charge in [0.15, 0.2) is 5.65 Å². The molecule has 2 aromatic carbocycles. The number of carbonyl (C=O) groups excluding carboxylic acids is 1. The summed E-state index contributed by atoms with van der Waals surface area (Å²) in [6.07, 6.45) is 3.92. The van der Waals surface area contributed by atoms with Crippen molar-refractivity contribution in [3.8, 4) is 0 Å². The van der Waals surface area contributed by atoms with Gasteiger partial charge >= 0.3 is 0 Å². The Balaban J connectivity index is 1.52. The maximum atomic E-state index is 13.6. The standard InChI is InChI=1S/C28H24FN7OS/c1-16(2)23-9-8-22-26(35-23)32-15-33-27(22)36-24-11-17(28(37)34-20-12-18(29)13-31-14-20)3-10-25(24)38-21-6-4-19(30)5-7-21/h3-16H,30H2,1-2H3,(H,34,37)(H,32,33,35,36). The van der Waals surface area contributed by atoms with Gasteiger partial charge in [-0.3, -0.25) is 9.78 Å². The summed E-state index contributed by atoms with van der Waals surface area (Å²) in [5.74, 6) is -0.119. The third kappa shape index (κ3) is 5.70. The molecule has 0 bridgehead atoms. The van der Waals surface area contributed by atoms with Crippen LogP contribution in [0.5, 0.6) is 0 Å². The van der Waals surface area contributed by atoms with E-state index in [9.17, 15) is 9.18 Å². The molecule has 8 nitrogen and oxygen atoms in total. The van der Waals surface area contributed by atoms with Crippen LogP contribution in [0.25, 0.3) is 11.0 Å². The van der Waals surface area contributed by atoms with E-state index in [4.69, 9.17) is 5.73 Å². The van der Waals surface area contributed by atoms with Crippen molar-refractivity contribution in [3.05, 3.63) is 96.5 Å². The minimum Gasteiger partial charge on any atom is -0.399 e. The van der Waals surface area contributed by atoms with Crippen molar-refractivity contribution in [2.75, 3.05) is 16.4 Å². The van der Waals surface area contributed by atoms with Gasteiger partial charge in [0.25, 0.3) is 5.91 Å². The number of nitrogens with two attached hydrogens (primary N) is 1. The number of carbonyl (C=O) groups is 1. The number of anilines is 4. The summed E-state index contributed by atoms with van der Waals surface area (Å²) in [6, 6.07) is 17.9. The minimum atomic E-state index is -0.537. The molecule has 0 aliphatic rings. The lowest BCUT2D eigenvalue weighted by molar-refractivity contribution is 0.102. The molecule has 0 radical (unpaired) electrons. The van der Waals surface area contributed by atoms with Crippen LogP contribution in [0.1, 0.15) is 35.8 Å². The number of hydrogen-bond acceptors (Lipinski definition) is 8. The van der Waals surface area contributed by atoms with Gasteiger partial charge < -0.3 is 16.4 Å². The Kier molecular flexibility index (Phi) is 7.14. The van der Waals surface area contributed by atoms with Crippen LogP contribution < -0.4 is 16.4 Å². The van der Waals surface area contributed by atoms with E-state index in [1.165, 1.54) is 30.4 Å². The Hall–Kier alpha value is -4.57. The quantitative estimate of drug-likeness (QED) is 0.209. The molecule has 38 heavy (non-hydrogen) atoms. The molecule has 3 aromatic heterocycles. The Morgan fingerprint density at radius 2 is 1.82 bits per heavy atom. The number of nitrogens with zero attached hydrogens (tertiary/aromatic N) is 4. The fourth-order valence-electron chi connectivity index (χ4n) is 3.71. The molecular weight excluding hydrogens is 501 g/mol. The molecule has 0 saturated carbocycles. The van der Waals surface area contributed by atoms with Crippen LogP contribution in [0, 0.1) is 5.82 Å². The number of benzene rings is 2. The van der Waals surface area contributed by atoms with E-state index in [1.807, 2.05) is 42.5 Å². The van der Waals surface area contributed by atoms with Crippen LogP contribution in [0.15, 0.2) is 89.2 Å². The number of rotatable bonds is 7. The Bertz CT molecular complexity index is 1630. The molecule has 0 unspecified atom stereocenters. The number of halogens is 1. The van der Waals surface area contributed by atoms with Crippen LogP contribution in [0.2, 0.25) is 0 Å². The number of pyridine rings is 2. The molecule has 4 N–H and O–H groups in total. The second kappa shape index (κ2) is 10.8. The average Bonchev–Trinajstić information content (AvgIpc) is 2.90. The number of fused-ring (bicyclic) bond motifs is 1. The number of hydrogen-bond donors (Lipinski definition) is 3. The van der Waals surface area contributed by atoms with Gasteiger partial charge in [0.2, 0.25) is 0 Å². The average molecular weight is 526 g/mol. The highest BCUT2D eigenvalue weighted by molar-refractivity contribution is 7.99. The zero-order valence-electron chi connectivity index (χ0n) is 20.6. The van der Waals surface area contributed by atoms with Gasteiger partial charge in [-0.15, -0.1) is 0 Å². The number of nitrogens with one attached hydrogen (secondary N) is 2. The van der Waals surface area contributed by atoms with Crippen LogP contribution in [0.4, 0.5) is 27.3 Å². The molecule has 190 valence electrons. The van der Waals surface area contributed by atoms with Crippen molar-refractivity contribution in [3.63, 3.8) is 0 Å². The number of aromatic nitrogens is 4. The first kappa shape index (κ1) is 25.1. The number of amides is 1. The van der Waals surface area contributed by atoms with E-state index < -0.39 is 11.7 Å². The first-order chi connectivity index (χ1) is 18.4. The Labute approximate surface area is 223 Å². The molecule has 0 spiro atoms. The van der Waals surface area contributed by atoms with Crippen LogP contribution in [-0.2, 0) is 0 Å². The normalized spacial score (nSPS) is 11.1. The molecule has 0 aliphatic carbocycles.